The van der Waals surface area contributed by atoms with Crippen molar-refractivity contribution in [2.24, 2.45) is 12.8 Å². The van der Waals surface area contributed by atoms with Crippen molar-refractivity contribution in [3.05, 3.63) is 42.4 Å². The molecule has 3 rings (SSSR count). The number of fused-ring (bicyclic) bond motifs is 1. The predicted molar refractivity (Wildman–Crippen MR) is 68.4 cm³/mol. The highest BCUT2D eigenvalue weighted by molar-refractivity contribution is 5.85. The molecule has 0 aliphatic carbocycles. The van der Waals surface area contributed by atoms with Crippen molar-refractivity contribution in [3.8, 4) is 11.1 Å². The average Bonchev–Trinajstić information content (AvgIpc) is 2.93. The average molecular weight is 226 g/mol. The molecule has 0 fully saturated rings. The lowest BCUT2D eigenvalue weighted by atomic mass is 10.1. The van der Waals surface area contributed by atoms with Gasteiger partial charge in [-0.15, -0.1) is 0 Å². The fourth-order valence-electron chi connectivity index (χ4n) is 2.05. The Hall–Kier alpha value is -2.07. The van der Waals surface area contributed by atoms with Crippen LogP contribution < -0.4 is 5.73 Å². The molecule has 17 heavy (non-hydrogen) atoms. The van der Waals surface area contributed by atoms with Gasteiger partial charge in [0.15, 0.2) is 0 Å². The fraction of sp³-hybridized carbons (Fsp3) is 0.154. The van der Waals surface area contributed by atoms with E-state index >= 15 is 0 Å². The molecular formula is C13H14N4. The second-order valence-corrected chi connectivity index (χ2v) is 4.20. The predicted octanol–water partition coefficient (Wildman–Crippen LogP) is 2.03. The Kier molecular flexibility index (Phi) is 2.23. The van der Waals surface area contributed by atoms with Crippen molar-refractivity contribution < 1.29 is 0 Å². The third-order valence-corrected chi connectivity index (χ3v) is 2.93. The summed E-state index contributed by atoms with van der Waals surface area (Å²) in [4.78, 5) is 3.28. The molecule has 1 aromatic carbocycles. The van der Waals surface area contributed by atoms with Crippen LogP contribution in [0.2, 0.25) is 0 Å². The van der Waals surface area contributed by atoms with Crippen LogP contribution in [0.4, 0.5) is 0 Å². The summed E-state index contributed by atoms with van der Waals surface area (Å²) in [6, 6.07) is 8.42. The summed E-state index contributed by atoms with van der Waals surface area (Å²) in [5, 5.41) is 5.37. The van der Waals surface area contributed by atoms with Crippen LogP contribution in [0.3, 0.4) is 0 Å². The maximum Gasteiger partial charge on any atom is 0.0568 e. The first-order chi connectivity index (χ1) is 8.26. The highest BCUT2D eigenvalue weighted by atomic mass is 15.2. The maximum absolute atomic E-state index is 5.62. The largest absolute Gasteiger partial charge is 0.357 e. The molecule has 0 aliphatic rings. The number of nitrogens with one attached hydrogen (secondary N) is 1. The van der Waals surface area contributed by atoms with Crippen LogP contribution in [0.5, 0.6) is 0 Å². The summed E-state index contributed by atoms with van der Waals surface area (Å²) >= 11 is 0. The number of aryl methyl sites for hydroxylation is 1. The Bertz CT molecular complexity index is 663. The van der Waals surface area contributed by atoms with Crippen LogP contribution in [0, 0.1) is 0 Å². The summed E-state index contributed by atoms with van der Waals surface area (Å²) in [5.74, 6) is 0. The second kappa shape index (κ2) is 3.75. The molecule has 0 saturated heterocycles. The first-order valence-electron chi connectivity index (χ1n) is 5.57. The van der Waals surface area contributed by atoms with Crippen molar-refractivity contribution in [2.75, 3.05) is 0 Å². The van der Waals surface area contributed by atoms with Crippen LogP contribution in [-0.2, 0) is 13.6 Å². The molecule has 0 atom stereocenters. The molecule has 86 valence electrons. The van der Waals surface area contributed by atoms with Crippen molar-refractivity contribution in [1.29, 1.82) is 0 Å². The van der Waals surface area contributed by atoms with Crippen LogP contribution in [0.1, 0.15) is 5.69 Å². The summed E-state index contributed by atoms with van der Waals surface area (Å²) in [7, 11) is 1.92. The Morgan fingerprint density at radius 1 is 1.29 bits per heavy atom. The molecule has 0 unspecified atom stereocenters. The van der Waals surface area contributed by atoms with E-state index < -0.39 is 0 Å². The number of hydrogen-bond acceptors (Lipinski definition) is 2. The summed E-state index contributed by atoms with van der Waals surface area (Å²) in [5.41, 5.74) is 10.1. The molecule has 0 saturated carbocycles. The highest BCUT2D eigenvalue weighted by Crippen LogP contribution is 2.24. The molecule has 0 amide bonds. The Morgan fingerprint density at radius 2 is 2.18 bits per heavy atom. The smallest absolute Gasteiger partial charge is 0.0568 e. The number of hydrogen-bond donors (Lipinski definition) is 2. The van der Waals surface area contributed by atoms with Gasteiger partial charge in [-0.05, 0) is 23.8 Å². The third kappa shape index (κ3) is 1.72. The van der Waals surface area contributed by atoms with Gasteiger partial charge in [0, 0.05) is 41.9 Å². The molecule has 0 radical (unpaired) electrons. The standard InChI is InChI=1S/C13H14N4/c1-17-8-11(7-15-17)9-2-3-13-10(4-9)5-12(6-14)16-13/h2-5,7-8,16H,6,14H2,1H3. The lowest BCUT2D eigenvalue weighted by Crippen LogP contribution is -1.94. The van der Waals surface area contributed by atoms with E-state index in [0.717, 1.165) is 16.8 Å². The van der Waals surface area contributed by atoms with Gasteiger partial charge in [-0.2, -0.15) is 5.10 Å². The number of aromatic amines is 1. The zero-order valence-corrected chi connectivity index (χ0v) is 9.64. The number of aromatic nitrogens is 3. The Balaban J connectivity index is 2.12. The molecule has 3 N–H and O–H groups in total. The van der Waals surface area contributed by atoms with Crippen LogP contribution in [0.25, 0.3) is 22.0 Å². The lowest BCUT2D eigenvalue weighted by Gasteiger charge is -1.97. The minimum absolute atomic E-state index is 0.539. The molecule has 0 aliphatic heterocycles. The van der Waals surface area contributed by atoms with E-state index in [-0.39, 0.29) is 0 Å². The molecule has 2 aromatic heterocycles. The molecule has 0 bridgehead atoms. The van der Waals surface area contributed by atoms with Crippen molar-refractivity contribution in [3.63, 3.8) is 0 Å². The summed E-state index contributed by atoms with van der Waals surface area (Å²) in [6.45, 7) is 0.539. The van der Waals surface area contributed by atoms with Crippen LogP contribution >= 0.6 is 0 Å². The van der Waals surface area contributed by atoms with Crippen LogP contribution in [-0.4, -0.2) is 14.8 Å². The zero-order valence-electron chi connectivity index (χ0n) is 9.64. The minimum atomic E-state index is 0.539. The third-order valence-electron chi connectivity index (χ3n) is 2.93. The SMILES string of the molecule is Cn1cc(-c2ccc3[nH]c(CN)cc3c2)cn1. The van der Waals surface area contributed by atoms with Crippen LogP contribution in [0.15, 0.2) is 36.7 Å². The first kappa shape index (κ1) is 10.1. The van der Waals surface area contributed by atoms with Gasteiger partial charge in [-0.3, -0.25) is 4.68 Å². The zero-order chi connectivity index (χ0) is 11.8. The van der Waals surface area contributed by atoms with E-state index in [1.807, 2.05) is 24.1 Å². The van der Waals surface area contributed by atoms with Gasteiger partial charge in [-0.1, -0.05) is 6.07 Å². The normalized spacial score (nSPS) is 11.2. The molecule has 0 spiro atoms. The Labute approximate surface area is 99.1 Å². The topological polar surface area (TPSA) is 59.6 Å². The Morgan fingerprint density at radius 3 is 2.88 bits per heavy atom. The number of rotatable bonds is 2. The molecule has 4 heteroatoms. The number of nitrogens with zero attached hydrogens (tertiary/aromatic N) is 2. The fourth-order valence-corrected chi connectivity index (χ4v) is 2.05. The van der Waals surface area contributed by atoms with Gasteiger partial charge < -0.3 is 10.7 Å². The molecule has 4 nitrogen and oxygen atoms in total. The van der Waals surface area contributed by atoms with Crippen molar-refractivity contribution in [2.45, 2.75) is 6.54 Å². The van der Waals surface area contributed by atoms with Gasteiger partial charge in [0.1, 0.15) is 0 Å². The van der Waals surface area contributed by atoms with Gasteiger partial charge >= 0.3 is 0 Å². The van der Waals surface area contributed by atoms with Gasteiger partial charge in [-0.25, -0.2) is 0 Å². The van der Waals surface area contributed by atoms with Gasteiger partial charge in [0.05, 0.1) is 6.20 Å². The van der Waals surface area contributed by atoms with E-state index in [0.29, 0.717) is 6.54 Å². The van der Waals surface area contributed by atoms with Gasteiger partial charge in [0.25, 0.3) is 0 Å². The number of H-pyrrole nitrogens is 1. The maximum atomic E-state index is 5.62. The van der Waals surface area contributed by atoms with E-state index in [1.54, 1.807) is 0 Å². The minimum Gasteiger partial charge on any atom is -0.357 e. The van der Waals surface area contributed by atoms with E-state index in [9.17, 15) is 0 Å². The van der Waals surface area contributed by atoms with Crippen molar-refractivity contribution >= 4 is 10.9 Å². The van der Waals surface area contributed by atoms with Crippen molar-refractivity contribution in [1.82, 2.24) is 14.8 Å². The van der Waals surface area contributed by atoms with E-state index in [1.165, 1.54) is 10.9 Å². The molecule has 2 heterocycles. The summed E-state index contributed by atoms with van der Waals surface area (Å²) < 4.78 is 1.81. The molecular weight excluding hydrogens is 212 g/mol. The highest BCUT2D eigenvalue weighted by Gasteiger charge is 2.04. The number of benzene rings is 1. The summed E-state index contributed by atoms with van der Waals surface area (Å²) in [6.07, 6.45) is 3.88. The van der Waals surface area contributed by atoms with E-state index in [2.05, 4.69) is 34.3 Å². The second-order valence-electron chi connectivity index (χ2n) is 4.20. The molecule has 3 aromatic rings. The van der Waals surface area contributed by atoms with E-state index in [4.69, 9.17) is 5.73 Å². The monoisotopic (exact) mass is 226 g/mol. The quantitative estimate of drug-likeness (QED) is 0.702. The lowest BCUT2D eigenvalue weighted by molar-refractivity contribution is 0.768. The van der Waals surface area contributed by atoms with Gasteiger partial charge in [0.2, 0.25) is 0 Å². The first-order valence-corrected chi connectivity index (χ1v) is 5.57. The number of nitrogens with two attached hydrogens (primary N) is 1.